The summed E-state index contributed by atoms with van der Waals surface area (Å²) in [4.78, 5) is 67.3. The van der Waals surface area contributed by atoms with Crippen LogP contribution in [0.15, 0.2) is 72.9 Å². The van der Waals surface area contributed by atoms with Gasteiger partial charge in [-0.2, -0.15) is 0 Å². The van der Waals surface area contributed by atoms with Gasteiger partial charge in [0.15, 0.2) is 0 Å². The van der Waals surface area contributed by atoms with Crippen molar-refractivity contribution in [3.63, 3.8) is 0 Å². The van der Waals surface area contributed by atoms with Gasteiger partial charge in [-0.1, -0.05) is 63.8 Å². The second kappa shape index (κ2) is 26.2. The molecular weight excluding hydrogens is 1080 g/mol. The Labute approximate surface area is 495 Å². The number of sulfone groups is 1. The number of pyridine rings is 1. The molecule has 3 fully saturated rings. The molecule has 3 saturated heterocycles. The molecule has 6 bridgehead atoms. The van der Waals surface area contributed by atoms with E-state index in [1.165, 1.54) is 16.2 Å². The SMILES string of the molecule is CCn1c(-c2cc(C#CCN3CCC(CCS(C)(=O)=O)CC3)cnc2C(C)OC)c2c3cc(ccc31)-c1cc(O)cc(c1)CC(NC(=O)C(C(C)C)N(C)C(=O)C1OCCC1c1ccc(N)cc1)C(=O)N1CCCC(N1)C(=O)OCC(C)(C)C2. The summed E-state index contributed by atoms with van der Waals surface area (Å²) in [5.41, 5.74) is 17.3. The Morgan fingerprint density at radius 3 is 2.45 bits per heavy atom. The van der Waals surface area contributed by atoms with Gasteiger partial charge in [0.2, 0.25) is 5.91 Å². The number of hydrogen-bond donors (Lipinski definition) is 4. The first kappa shape index (κ1) is 61.7. The minimum Gasteiger partial charge on any atom is -0.508 e. The number of methoxy groups -OCH3 is 1. The first-order valence-corrected chi connectivity index (χ1v) is 31.8. The fourth-order valence-electron chi connectivity index (χ4n) is 12.7. The highest BCUT2D eigenvalue weighted by Gasteiger charge is 2.43. The van der Waals surface area contributed by atoms with E-state index in [0.717, 1.165) is 76.0 Å². The van der Waals surface area contributed by atoms with Gasteiger partial charge in [0.25, 0.3) is 11.8 Å². The molecule has 5 N–H and O–H groups in total. The molecule has 19 heteroatoms. The Balaban J connectivity index is 1.08. The molecule has 84 heavy (non-hydrogen) atoms. The number of nitrogens with zero attached hydrogens (tertiary/aromatic N) is 5. The van der Waals surface area contributed by atoms with Gasteiger partial charge < -0.3 is 39.8 Å². The van der Waals surface area contributed by atoms with Crippen LogP contribution in [0.5, 0.6) is 5.75 Å². The van der Waals surface area contributed by atoms with Crippen LogP contribution in [0, 0.1) is 29.1 Å². The highest BCUT2D eigenvalue weighted by molar-refractivity contribution is 7.90. The van der Waals surface area contributed by atoms with Crippen LogP contribution in [0.2, 0.25) is 0 Å². The van der Waals surface area contributed by atoms with E-state index in [9.17, 15) is 32.7 Å². The van der Waals surface area contributed by atoms with E-state index < -0.39 is 57.3 Å². The molecule has 9 rings (SSSR count). The first-order chi connectivity index (χ1) is 40.0. The quantitative estimate of drug-likeness (QED) is 0.0478. The molecule has 5 aromatic rings. The fourth-order valence-corrected chi connectivity index (χ4v) is 13.4. The number of carbonyl (C=O) groups excluding carboxylic acids is 4. The molecule has 0 aliphatic carbocycles. The average Bonchev–Trinajstić information content (AvgIpc) is 1.71. The van der Waals surface area contributed by atoms with Gasteiger partial charge >= 0.3 is 5.97 Å². The van der Waals surface area contributed by atoms with E-state index in [4.69, 9.17) is 24.9 Å². The summed E-state index contributed by atoms with van der Waals surface area (Å²) in [6, 6.07) is 17.9. The molecule has 450 valence electrons. The lowest BCUT2D eigenvalue weighted by atomic mass is 9.84. The molecule has 3 aromatic carbocycles. The number of hydrazine groups is 1. The van der Waals surface area contributed by atoms with Crippen molar-refractivity contribution in [3.05, 3.63) is 101 Å². The molecule has 3 amide bonds. The first-order valence-electron chi connectivity index (χ1n) is 29.7. The number of hydrogen-bond acceptors (Lipinski definition) is 14. The van der Waals surface area contributed by atoms with Crippen molar-refractivity contribution in [3.8, 4) is 40.0 Å². The van der Waals surface area contributed by atoms with Crippen molar-refractivity contribution in [2.24, 2.45) is 17.3 Å². The molecule has 6 heterocycles. The highest BCUT2D eigenvalue weighted by Crippen LogP contribution is 2.43. The zero-order chi connectivity index (χ0) is 60.2. The van der Waals surface area contributed by atoms with Crippen molar-refractivity contribution in [1.29, 1.82) is 0 Å². The number of nitrogen functional groups attached to an aromatic ring is 1. The standard InChI is InChI=1S/C65H84N8O10S/c1-10-72-56-20-17-46-36-51(56)53(59(72)52-33-43(38-67-57(52)41(4)81-8)13-11-25-71-27-21-42(22-28-71)24-30-84(9,79)80)37-65(5,6)39-83-64(78)54-14-12-26-73(69-54)62(76)55(34-44-31-47(46)35-49(74)32-44)68-61(75)58(40(2)3)70(7)63(77)60-50(23-29-82-60)45-15-18-48(66)19-16-45/h15-20,31-33,35-36,38,40-42,50,54-55,58,60,69,74H,10,12,14,21-30,34,37,39,66H2,1-9H3,(H,68,75). The number of benzene rings is 3. The molecule has 4 aliphatic heterocycles. The van der Waals surface area contributed by atoms with Crippen LogP contribution in [-0.2, 0) is 62.6 Å². The zero-order valence-corrected chi connectivity index (χ0v) is 51.0. The number of fused-ring (bicyclic) bond motifs is 6. The largest absolute Gasteiger partial charge is 0.508 e. The maximum atomic E-state index is 15.0. The number of cyclic esters (lactones) is 1. The molecule has 4 aliphatic rings. The van der Waals surface area contributed by atoms with Gasteiger partial charge in [-0.25, -0.2) is 13.8 Å². The number of carbonyl (C=O) groups is 4. The van der Waals surface area contributed by atoms with Gasteiger partial charge in [-0.3, -0.25) is 34.1 Å². The van der Waals surface area contributed by atoms with Gasteiger partial charge in [0.05, 0.1) is 36.4 Å². The molecule has 0 spiro atoms. The van der Waals surface area contributed by atoms with Crippen molar-refractivity contribution in [2.75, 3.05) is 71.3 Å². The predicted octanol–water partition coefficient (Wildman–Crippen LogP) is 7.59. The number of anilines is 1. The lowest BCUT2D eigenvalue weighted by molar-refractivity contribution is -0.155. The molecule has 2 aromatic heterocycles. The van der Waals surface area contributed by atoms with E-state index in [2.05, 4.69) is 71.0 Å². The molecule has 6 unspecified atom stereocenters. The molecule has 0 radical (unpaired) electrons. The number of phenolic OH excluding ortho intramolecular Hbond substituents is 1. The number of phenols is 1. The number of nitrogens with one attached hydrogen (secondary N) is 2. The Bertz CT molecular complexity index is 3420. The third kappa shape index (κ3) is 14.3. The van der Waals surface area contributed by atoms with Gasteiger partial charge in [0.1, 0.15) is 39.8 Å². The van der Waals surface area contributed by atoms with Crippen molar-refractivity contribution >= 4 is 50.1 Å². The van der Waals surface area contributed by atoms with Crippen LogP contribution in [0.25, 0.3) is 33.3 Å². The van der Waals surface area contributed by atoms with Crippen molar-refractivity contribution in [2.45, 2.75) is 136 Å². The van der Waals surface area contributed by atoms with Crippen LogP contribution in [0.1, 0.15) is 120 Å². The number of aryl methyl sites for hydroxylation is 1. The molecule has 6 atom stereocenters. The number of likely N-dealkylation sites (N-methyl/N-ethyl adjacent to an activating group) is 1. The second-order valence-electron chi connectivity index (χ2n) is 24.7. The number of nitrogens with two attached hydrogens (primary N) is 1. The summed E-state index contributed by atoms with van der Waals surface area (Å²) in [6.07, 6.45) is 6.38. The Hall–Kier alpha value is -6.82. The topological polar surface area (TPSA) is 228 Å². The monoisotopic (exact) mass is 1170 g/mol. The molecule has 18 nitrogen and oxygen atoms in total. The van der Waals surface area contributed by atoms with Crippen LogP contribution in [0.4, 0.5) is 5.69 Å². The Morgan fingerprint density at radius 2 is 1.75 bits per heavy atom. The maximum absolute atomic E-state index is 15.0. The van der Waals surface area contributed by atoms with E-state index in [0.29, 0.717) is 74.5 Å². The number of aromatic hydroxyl groups is 1. The molecule has 0 saturated carbocycles. The Kier molecular flexibility index (Phi) is 19.3. The lowest BCUT2D eigenvalue weighted by Crippen LogP contribution is -2.62. The van der Waals surface area contributed by atoms with E-state index in [-0.39, 0.29) is 54.9 Å². The Morgan fingerprint density at radius 1 is 1.00 bits per heavy atom. The van der Waals surface area contributed by atoms with Crippen LogP contribution >= 0.6 is 0 Å². The number of piperidine rings is 1. The van der Waals surface area contributed by atoms with Gasteiger partial charge in [0, 0.05) is 91.8 Å². The summed E-state index contributed by atoms with van der Waals surface area (Å²) < 4.78 is 44.2. The normalized spacial score (nSPS) is 21.5. The van der Waals surface area contributed by atoms with Crippen LogP contribution in [-0.4, -0.2) is 151 Å². The summed E-state index contributed by atoms with van der Waals surface area (Å²) in [5, 5.41) is 17.0. The third-order valence-electron chi connectivity index (χ3n) is 17.3. The van der Waals surface area contributed by atoms with Crippen LogP contribution < -0.4 is 16.5 Å². The fraction of sp³-hybridized carbons (Fsp3) is 0.523. The van der Waals surface area contributed by atoms with Gasteiger partial charge in [-0.05, 0) is 154 Å². The predicted molar refractivity (Wildman–Crippen MR) is 325 cm³/mol. The van der Waals surface area contributed by atoms with Gasteiger partial charge in [-0.15, -0.1) is 0 Å². The van der Waals surface area contributed by atoms with Crippen molar-refractivity contribution < 1.29 is 46.9 Å². The van der Waals surface area contributed by atoms with Crippen LogP contribution in [0.3, 0.4) is 0 Å². The number of ether oxygens (including phenoxy) is 3. The summed E-state index contributed by atoms with van der Waals surface area (Å²) in [5.74, 6) is 4.87. The number of likely N-dealkylation sites (tertiary alicyclic amines) is 1. The summed E-state index contributed by atoms with van der Waals surface area (Å²) in [6.45, 7) is 15.5. The number of esters is 1. The highest BCUT2D eigenvalue weighted by atomic mass is 32.2. The summed E-state index contributed by atoms with van der Waals surface area (Å²) >= 11 is 0. The average molecular weight is 1170 g/mol. The number of rotatable bonds is 14. The lowest BCUT2D eigenvalue weighted by Gasteiger charge is -2.37. The third-order valence-corrected chi connectivity index (χ3v) is 18.2. The minimum absolute atomic E-state index is 0.0320. The second-order valence-corrected chi connectivity index (χ2v) is 26.9. The zero-order valence-electron chi connectivity index (χ0n) is 50.2. The summed E-state index contributed by atoms with van der Waals surface area (Å²) in [7, 11) is 0.260. The van der Waals surface area contributed by atoms with E-state index in [1.807, 2.05) is 45.0 Å². The number of amides is 3. The molecular formula is C65H84N8O10S. The van der Waals surface area contributed by atoms with E-state index >= 15 is 0 Å². The van der Waals surface area contributed by atoms with E-state index in [1.54, 1.807) is 44.6 Å². The smallest absolute Gasteiger partial charge is 0.324 e. The maximum Gasteiger partial charge on any atom is 0.324 e. The minimum atomic E-state index is -3.00. The van der Waals surface area contributed by atoms with Crippen molar-refractivity contribution in [1.82, 2.24) is 35.1 Å². The number of aromatic nitrogens is 2.